The van der Waals surface area contributed by atoms with E-state index in [9.17, 15) is 4.79 Å². The number of pyridine rings is 1. The molecule has 0 unspecified atom stereocenters. The molecule has 0 bridgehead atoms. The number of amides is 1. The zero-order valence-corrected chi connectivity index (χ0v) is 17.6. The lowest BCUT2D eigenvalue weighted by atomic mass is 9.75. The summed E-state index contributed by atoms with van der Waals surface area (Å²) >= 11 is 0. The van der Waals surface area contributed by atoms with Crippen molar-refractivity contribution in [2.45, 2.75) is 38.8 Å². The lowest BCUT2D eigenvalue weighted by molar-refractivity contribution is -0.136. The van der Waals surface area contributed by atoms with Crippen molar-refractivity contribution in [3.05, 3.63) is 48.3 Å². The first-order valence-electron chi connectivity index (χ1n) is 10.5. The van der Waals surface area contributed by atoms with Crippen LogP contribution in [0.4, 0.5) is 0 Å². The first-order chi connectivity index (χ1) is 14.0. The second-order valence-corrected chi connectivity index (χ2v) is 8.57. The molecule has 0 saturated carbocycles. The minimum atomic E-state index is -0.404. The number of hydrogen-bond acceptors (Lipinski definition) is 5. The topological polar surface area (TPSA) is 63.5 Å². The summed E-state index contributed by atoms with van der Waals surface area (Å²) < 4.78 is 7.35. The van der Waals surface area contributed by atoms with E-state index in [4.69, 9.17) is 9.72 Å². The molecule has 2 saturated heterocycles. The maximum absolute atomic E-state index is 13.6. The van der Waals surface area contributed by atoms with E-state index in [2.05, 4.69) is 40.6 Å². The number of rotatable bonds is 7. The van der Waals surface area contributed by atoms with Crippen molar-refractivity contribution in [2.75, 3.05) is 39.9 Å². The van der Waals surface area contributed by atoms with Crippen molar-refractivity contribution in [3.8, 4) is 0 Å². The Morgan fingerprint density at radius 2 is 2.17 bits per heavy atom. The summed E-state index contributed by atoms with van der Waals surface area (Å²) in [6, 6.07) is 6.36. The summed E-state index contributed by atoms with van der Waals surface area (Å²) in [7, 11) is 1.68. The van der Waals surface area contributed by atoms with Crippen molar-refractivity contribution in [1.82, 2.24) is 24.3 Å². The third-order valence-electron chi connectivity index (χ3n) is 6.41. The van der Waals surface area contributed by atoms with Crippen LogP contribution in [0.15, 0.2) is 36.9 Å². The molecule has 0 N–H and O–H groups in total. The average molecular weight is 398 g/mol. The number of aromatic nitrogens is 3. The van der Waals surface area contributed by atoms with E-state index in [-0.39, 0.29) is 11.8 Å². The van der Waals surface area contributed by atoms with Crippen LogP contribution in [0.5, 0.6) is 0 Å². The predicted molar refractivity (Wildman–Crippen MR) is 110 cm³/mol. The molecule has 7 heteroatoms. The van der Waals surface area contributed by atoms with Gasteiger partial charge in [-0.25, -0.2) is 4.98 Å². The van der Waals surface area contributed by atoms with Gasteiger partial charge in [-0.05, 0) is 32.4 Å². The van der Waals surface area contributed by atoms with Gasteiger partial charge < -0.3 is 14.2 Å². The van der Waals surface area contributed by atoms with Crippen molar-refractivity contribution < 1.29 is 9.53 Å². The highest BCUT2D eigenvalue weighted by molar-refractivity contribution is 5.86. The van der Waals surface area contributed by atoms with Gasteiger partial charge >= 0.3 is 0 Å². The molecule has 2 atom stereocenters. The quantitative estimate of drug-likeness (QED) is 0.718. The normalized spacial score (nSPS) is 25.0. The maximum atomic E-state index is 13.6. The van der Waals surface area contributed by atoms with Gasteiger partial charge in [-0.2, -0.15) is 0 Å². The number of hydrogen-bond donors (Lipinski definition) is 0. The van der Waals surface area contributed by atoms with E-state index >= 15 is 0 Å². The fraction of sp³-hybridized carbons (Fsp3) is 0.591. The molecule has 1 spiro atoms. The lowest BCUT2D eigenvalue weighted by Crippen LogP contribution is -2.40. The van der Waals surface area contributed by atoms with E-state index in [0.717, 1.165) is 44.0 Å². The highest BCUT2D eigenvalue weighted by Crippen LogP contribution is 2.49. The molecule has 0 aliphatic carbocycles. The van der Waals surface area contributed by atoms with Crippen molar-refractivity contribution in [1.29, 1.82) is 0 Å². The Balaban J connectivity index is 1.61. The summed E-state index contributed by atoms with van der Waals surface area (Å²) in [5.74, 6) is 0.355. The molecule has 4 rings (SSSR count). The molecule has 2 aliphatic heterocycles. The molecule has 2 aromatic heterocycles. The van der Waals surface area contributed by atoms with E-state index in [1.807, 2.05) is 29.6 Å². The number of imidazole rings is 1. The third-order valence-corrected chi connectivity index (χ3v) is 6.41. The van der Waals surface area contributed by atoms with Crippen LogP contribution in [0, 0.1) is 5.41 Å². The predicted octanol–water partition coefficient (Wildman–Crippen LogP) is 2.32. The Morgan fingerprint density at radius 3 is 2.86 bits per heavy atom. The van der Waals surface area contributed by atoms with Crippen LogP contribution in [0.3, 0.4) is 0 Å². The van der Waals surface area contributed by atoms with Crippen molar-refractivity contribution in [3.63, 3.8) is 0 Å². The second kappa shape index (κ2) is 8.24. The second-order valence-electron chi connectivity index (χ2n) is 8.57. The van der Waals surface area contributed by atoms with Crippen LogP contribution in [-0.2, 0) is 16.1 Å². The maximum Gasteiger partial charge on any atom is 0.230 e. The Morgan fingerprint density at radius 1 is 1.31 bits per heavy atom. The summed E-state index contributed by atoms with van der Waals surface area (Å²) in [6.07, 6.45) is 6.73. The first-order valence-corrected chi connectivity index (χ1v) is 10.5. The average Bonchev–Trinajstić information content (AvgIpc) is 3.41. The van der Waals surface area contributed by atoms with E-state index in [1.54, 1.807) is 7.11 Å². The van der Waals surface area contributed by atoms with Gasteiger partial charge in [-0.1, -0.05) is 6.07 Å². The number of carbonyl (C=O) groups excluding carboxylic acids is 1. The van der Waals surface area contributed by atoms with Gasteiger partial charge in [0.15, 0.2) is 0 Å². The molecule has 29 heavy (non-hydrogen) atoms. The van der Waals surface area contributed by atoms with Crippen molar-refractivity contribution >= 4 is 5.91 Å². The van der Waals surface area contributed by atoms with Crippen molar-refractivity contribution in [2.24, 2.45) is 5.41 Å². The molecule has 1 amide bonds. The highest BCUT2D eigenvalue weighted by Gasteiger charge is 2.57. The SMILES string of the molecule is COCCN1CC[C@]2(CN(Cc3ccccn3)C[C@@H]2c2cn(C(C)C)cn2)C1=O. The van der Waals surface area contributed by atoms with E-state index in [0.29, 0.717) is 19.2 Å². The van der Waals surface area contributed by atoms with Gasteiger partial charge in [0.2, 0.25) is 5.91 Å². The fourth-order valence-corrected chi connectivity index (χ4v) is 4.78. The van der Waals surface area contributed by atoms with Crippen LogP contribution in [0.1, 0.15) is 43.6 Å². The largest absolute Gasteiger partial charge is 0.383 e. The van der Waals surface area contributed by atoms with Crippen LogP contribution in [-0.4, -0.2) is 70.1 Å². The number of likely N-dealkylation sites (tertiary alicyclic amines) is 2. The summed E-state index contributed by atoms with van der Waals surface area (Å²) in [6.45, 7) is 8.67. The number of methoxy groups -OCH3 is 1. The van der Waals surface area contributed by atoms with E-state index in [1.165, 1.54) is 0 Å². The third kappa shape index (κ3) is 3.81. The zero-order valence-electron chi connectivity index (χ0n) is 17.6. The summed E-state index contributed by atoms with van der Waals surface area (Å²) in [5, 5.41) is 0. The standard InChI is InChI=1S/C22H31N5O2/c1-17(2)27-14-20(24-16-27)19-13-25(12-18-6-4-5-8-23-18)15-22(19)7-9-26(21(22)28)10-11-29-3/h4-6,8,14,16-17,19H,7,9-13,15H2,1-3H3/t19-,22-/m1/s1. The first kappa shape index (κ1) is 20.0. The van der Waals surface area contributed by atoms with Gasteiger partial charge in [0.1, 0.15) is 0 Å². The molecule has 7 nitrogen and oxygen atoms in total. The van der Waals surface area contributed by atoms with Gasteiger partial charge in [0.05, 0.1) is 29.7 Å². The van der Waals surface area contributed by atoms with Crippen LogP contribution in [0.25, 0.3) is 0 Å². The van der Waals surface area contributed by atoms with Crippen LogP contribution < -0.4 is 0 Å². The van der Waals surface area contributed by atoms with E-state index < -0.39 is 5.41 Å². The van der Waals surface area contributed by atoms with Gasteiger partial charge in [-0.15, -0.1) is 0 Å². The van der Waals surface area contributed by atoms with Crippen LogP contribution in [0.2, 0.25) is 0 Å². The minimum absolute atomic E-state index is 0.103. The number of carbonyl (C=O) groups is 1. The number of nitrogens with zero attached hydrogens (tertiary/aromatic N) is 5. The lowest BCUT2D eigenvalue weighted by Gasteiger charge is -2.28. The molecule has 4 heterocycles. The fourth-order valence-electron chi connectivity index (χ4n) is 4.78. The summed E-state index contributed by atoms with van der Waals surface area (Å²) in [5.41, 5.74) is 1.67. The molecule has 2 aromatic rings. The Labute approximate surface area is 172 Å². The molecule has 2 fully saturated rings. The van der Waals surface area contributed by atoms with Gasteiger partial charge in [-0.3, -0.25) is 14.7 Å². The summed E-state index contributed by atoms with van der Waals surface area (Å²) in [4.78, 5) is 27.1. The smallest absolute Gasteiger partial charge is 0.230 e. The van der Waals surface area contributed by atoms with Crippen LogP contribution >= 0.6 is 0 Å². The zero-order chi connectivity index (χ0) is 20.4. The van der Waals surface area contributed by atoms with Gasteiger partial charge in [0, 0.05) is 64.2 Å². The molecule has 2 aliphatic rings. The highest BCUT2D eigenvalue weighted by atomic mass is 16.5. The molecular formula is C22H31N5O2. The van der Waals surface area contributed by atoms with Gasteiger partial charge in [0.25, 0.3) is 0 Å². The molecule has 156 valence electrons. The molecular weight excluding hydrogens is 366 g/mol. The molecule has 0 aromatic carbocycles. The Kier molecular flexibility index (Phi) is 5.69. The molecule has 0 radical (unpaired) electrons. The minimum Gasteiger partial charge on any atom is -0.383 e. The monoisotopic (exact) mass is 397 g/mol. The number of ether oxygens (including phenoxy) is 1. The Bertz CT molecular complexity index is 837. The Hall–Kier alpha value is -2.25.